The summed E-state index contributed by atoms with van der Waals surface area (Å²) in [5.41, 5.74) is 2.05. The monoisotopic (exact) mass is 487 g/mol. The normalized spacial score (nSPS) is 10.5. The Morgan fingerprint density at radius 1 is 1.12 bits per heavy atom. The van der Waals surface area contributed by atoms with Gasteiger partial charge in [0.15, 0.2) is 16.7 Å². The Bertz CT molecular complexity index is 1070. The molecule has 2 heterocycles. The lowest BCUT2D eigenvalue weighted by atomic mass is 10.1. The minimum atomic E-state index is -0.115. The van der Waals surface area contributed by atoms with E-state index in [4.69, 9.17) is 21.1 Å². The van der Waals surface area contributed by atoms with Gasteiger partial charge in [0.05, 0.1) is 20.0 Å². The SMILES string of the molecule is COc1ccc(CCN(C)c2cc(Cl)nc(SCC(=O)NCc3cccnc3)n2)cc1OC. The van der Waals surface area contributed by atoms with E-state index in [2.05, 4.69) is 20.3 Å². The first-order valence-electron chi connectivity index (χ1n) is 10.2. The summed E-state index contributed by atoms with van der Waals surface area (Å²) in [6, 6.07) is 11.3. The maximum absolute atomic E-state index is 12.2. The molecule has 0 radical (unpaired) electrons. The molecule has 2 aromatic heterocycles. The van der Waals surface area contributed by atoms with Crippen LogP contribution in [-0.4, -0.2) is 54.4 Å². The van der Waals surface area contributed by atoms with Crippen molar-refractivity contribution in [2.75, 3.05) is 38.5 Å². The topological polar surface area (TPSA) is 89.5 Å². The molecule has 1 N–H and O–H groups in total. The van der Waals surface area contributed by atoms with Crippen molar-refractivity contribution >= 4 is 35.1 Å². The summed E-state index contributed by atoms with van der Waals surface area (Å²) in [5, 5.41) is 3.64. The number of pyridine rings is 1. The molecule has 0 saturated heterocycles. The number of nitrogens with zero attached hydrogens (tertiary/aromatic N) is 4. The third-order valence-electron chi connectivity index (χ3n) is 4.78. The second-order valence-electron chi connectivity index (χ2n) is 7.12. The van der Waals surface area contributed by atoms with Crippen LogP contribution in [0.5, 0.6) is 11.5 Å². The van der Waals surface area contributed by atoms with Gasteiger partial charge in [-0.25, -0.2) is 9.97 Å². The molecule has 0 atom stereocenters. The van der Waals surface area contributed by atoms with Crippen molar-refractivity contribution in [2.24, 2.45) is 0 Å². The van der Waals surface area contributed by atoms with Crippen LogP contribution in [0.15, 0.2) is 53.9 Å². The van der Waals surface area contributed by atoms with Crippen LogP contribution in [0, 0.1) is 0 Å². The highest BCUT2D eigenvalue weighted by atomic mass is 35.5. The molecule has 3 aromatic rings. The van der Waals surface area contributed by atoms with Crippen LogP contribution in [0.3, 0.4) is 0 Å². The molecule has 1 aromatic carbocycles. The Morgan fingerprint density at radius 3 is 2.67 bits per heavy atom. The number of nitrogens with one attached hydrogen (secondary N) is 1. The summed E-state index contributed by atoms with van der Waals surface area (Å²) in [6.45, 7) is 1.13. The summed E-state index contributed by atoms with van der Waals surface area (Å²) >= 11 is 7.45. The summed E-state index contributed by atoms with van der Waals surface area (Å²) in [6.07, 6.45) is 4.19. The van der Waals surface area contributed by atoms with Crippen molar-refractivity contribution in [1.82, 2.24) is 20.3 Å². The number of aromatic nitrogens is 3. The van der Waals surface area contributed by atoms with Crippen LogP contribution in [0.2, 0.25) is 5.15 Å². The summed E-state index contributed by atoms with van der Waals surface area (Å²) < 4.78 is 10.7. The van der Waals surface area contributed by atoms with Gasteiger partial charge in [-0.05, 0) is 35.7 Å². The molecular weight excluding hydrogens is 462 g/mol. The van der Waals surface area contributed by atoms with Crippen LogP contribution in [0.4, 0.5) is 5.82 Å². The van der Waals surface area contributed by atoms with Crippen molar-refractivity contribution < 1.29 is 14.3 Å². The molecule has 0 aliphatic rings. The van der Waals surface area contributed by atoms with E-state index in [-0.39, 0.29) is 11.7 Å². The number of hydrogen-bond acceptors (Lipinski definition) is 8. The maximum atomic E-state index is 12.2. The van der Waals surface area contributed by atoms with Gasteiger partial charge in [0, 0.05) is 38.6 Å². The van der Waals surface area contributed by atoms with Gasteiger partial charge in [-0.2, -0.15) is 0 Å². The summed E-state index contributed by atoms with van der Waals surface area (Å²) in [5.74, 6) is 2.16. The molecule has 1 amide bonds. The first-order valence-corrected chi connectivity index (χ1v) is 11.6. The van der Waals surface area contributed by atoms with Crippen LogP contribution in [0.1, 0.15) is 11.1 Å². The number of ether oxygens (including phenoxy) is 2. The number of methoxy groups -OCH3 is 2. The molecule has 0 aliphatic heterocycles. The quantitative estimate of drug-likeness (QED) is 0.249. The van der Waals surface area contributed by atoms with Crippen LogP contribution < -0.4 is 19.7 Å². The molecule has 0 saturated carbocycles. The summed E-state index contributed by atoms with van der Waals surface area (Å²) in [7, 11) is 5.17. The van der Waals surface area contributed by atoms with Crippen LogP contribution in [0.25, 0.3) is 0 Å². The number of benzene rings is 1. The Hall–Kier alpha value is -3.04. The molecule has 0 bridgehead atoms. The van der Waals surface area contributed by atoms with Crippen molar-refractivity contribution in [3.63, 3.8) is 0 Å². The number of hydrogen-bond donors (Lipinski definition) is 1. The number of carbonyl (C=O) groups excluding carboxylic acids is 1. The van der Waals surface area contributed by atoms with E-state index in [9.17, 15) is 4.79 Å². The predicted molar refractivity (Wildman–Crippen MR) is 130 cm³/mol. The molecule has 0 spiro atoms. The Labute approximate surface area is 202 Å². The van der Waals surface area contributed by atoms with Crippen LogP contribution >= 0.6 is 23.4 Å². The first-order chi connectivity index (χ1) is 16.0. The van der Waals surface area contributed by atoms with E-state index in [1.807, 2.05) is 42.3 Å². The first kappa shape index (κ1) is 24.6. The molecular formula is C23H26ClN5O3S. The van der Waals surface area contributed by atoms with Crippen LogP contribution in [-0.2, 0) is 17.8 Å². The van der Waals surface area contributed by atoms with Crippen molar-refractivity contribution in [3.8, 4) is 11.5 Å². The fourth-order valence-corrected chi connectivity index (χ4v) is 3.89. The highest BCUT2D eigenvalue weighted by Crippen LogP contribution is 2.28. The van der Waals surface area contributed by atoms with Gasteiger partial charge in [0.2, 0.25) is 5.91 Å². The van der Waals surface area contributed by atoms with Gasteiger partial charge in [-0.1, -0.05) is 35.5 Å². The number of amides is 1. The van der Waals surface area contributed by atoms with Crippen molar-refractivity contribution in [2.45, 2.75) is 18.1 Å². The Balaban J connectivity index is 1.54. The molecule has 10 heteroatoms. The van der Waals surface area contributed by atoms with Gasteiger partial charge in [0.25, 0.3) is 0 Å². The van der Waals surface area contributed by atoms with Gasteiger partial charge >= 0.3 is 0 Å². The zero-order valence-electron chi connectivity index (χ0n) is 18.7. The van der Waals surface area contributed by atoms with E-state index in [0.29, 0.717) is 40.7 Å². The lowest BCUT2D eigenvalue weighted by Crippen LogP contribution is -2.25. The third kappa shape index (κ3) is 7.50. The number of anilines is 1. The molecule has 33 heavy (non-hydrogen) atoms. The van der Waals surface area contributed by atoms with E-state index in [1.165, 1.54) is 11.8 Å². The number of carbonyl (C=O) groups is 1. The maximum Gasteiger partial charge on any atom is 0.230 e. The molecule has 0 unspecified atom stereocenters. The fourth-order valence-electron chi connectivity index (χ4n) is 2.98. The minimum Gasteiger partial charge on any atom is -0.493 e. The van der Waals surface area contributed by atoms with E-state index < -0.39 is 0 Å². The smallest absolute Gasteiger partial charge is 0.230 e. The number of likely N-dealkylation sites (N-methyl/N-ethyl adjacent to an activating group) is 1. The largest absolute Gasteiger partial charge is 0.493 e. The highest BCUT2D eigenvalue weighted by Gasteiger charge is 2.12. The second kappa shape index (κ2) is 12.3. The zero-order chi connectivity index (χ0) is 23.6. The van der Waals surface area contributed by atoms with Crippen molar-refractivity contribution in [3.05, 3.63) is 65.1 Å². The Morgan fingerprint density at radius 2 is 1.94 bits per heavy atom. The zero-order valence-corrected chi connectivity index (χ0v) is 20.3. The molecule has 0 fully saturated rings. The summed E-state index contributed by atoms with van der Waals surface area (Å²) in [4.78, 5) is 27.0. The third-order valence-corrected chi connectivity index (χ3v) is 5.82. The molecule has 3 rings (SSSR count). The van der Waals surface area contributed by atoms with Gasteiger partial charge in [-0.3, -0.25) is 9.78 Å². The van der Waals surface area contributed by atoms with E-state index in [1.54, 1.807) is 32.7 Å². The highest BCUT2D eigenvalue weighted by molar-refractivity contribution is 7.99. The fraction of sp³-hybridized carbons (Fsp3) is 0.304. The van der Waals surface area contributed by atoms with E-state index in [0.717, 1.165) is 17.5 Å². The van der Waals surface area contributed by atoms with Gasteiger partial charge in [0.1, 0.15) is 11.0 Å². The predicted octanol–water partition coefficient (Wildman–Crippen LogP) is 3.63. The number of halogens is 1. The van der Waals surface area contributed by atoms with Crippen molar-refractivity contribution in [1.29, 1.82) is 0 Å². The number of thioether (sulfide) groups is 1. The second-order valence-corrected chi connectivity index (χ2v) is 8.45. The molecule has 8 nitrogen and oxygen atoms in total. The standard InChI is InChI=1S/C23H26ClN5O3S/c1-29(10-8-16-6-7-18(31-2)19(11-16)32-3)21-12-20(24)27-23(28-21)33-15-22(30)26-14-17-5-4-9-25-13-17/h4-7,9,11-13H,8,10,14-15H2,1-3H3,(H,26,30). The number of rotatable bonds is 11. The Kier molecular flexibility index (Phi) is 9.14. The van der Waals surface area contributed by atoms with Gasteiger partial charge in [-0.15, -0.1) is 0 Å². The minimum absolute atomic E-state index is 0.115. The molecule has 174 valence electrons. The average molecular weight is 488 g/mol. The molecule has 0 aliphatic carbocycles. The lowest BCUT2D eigenvalue weighted by molar-refractivity contribution is -0.118. The average Bonchev–Trinajstić information content (AvgIpc) is 2.84. The van der Waals surface area contributed by atoms with E-state index >= 15 is 0 Å². The lowest BCUT2D eigenvalue weighted by Gasteiger charge is -2.19. The van der Waals surface area contributed by atoms with Gasteiger partial charge < -0.3 is 19.7 Å².